The van der Waals surface area contributed by atoms with Crippen molar-refractivity contribution < 1.29 is 0 Å². The summed E-state index contributed by atoms with van der Waals surface area (Å²) in [5.74, 6) is 2.09. The van der Waals surface area contributed by atoms with E-state index in [1.54, 1.807) is 0 Å². The van der Waals surface area contributed by atoms with Crippen LogP contribution in [0.3, 0.4) is 0 Å². The lowest BCUT2D eigenvalue weighted by Gasteiger charge is -2.37. The molecule has 1 fully saturated rings. The molecule has 0 aromatic carbocycles. The van der Waals surface area contributed by atoms with E-state index in [4.69, 9.17) is 4.99 Å². The van der Waals surface area contributed by atoms with Gasteiger partial charge >= 0.3 is 0 Å². The zero-order valence-corrected chi connectivity index (χ0v) is 15.9. The van der Waals surface area contributed by atoms with Crippen LogP contribution in [0.15, 0.2) is 41.5 Å². The number of aryl methyl sites for hydroxylation is 1. The van der Waals surface area contributed by atoms with Gasteiger partial charge in [0.25, 0.3) is 0 Å². The van der Waals surface area contributed by atoms with Gasteiger partial charge < -0.3 is 15.1 Å². The van der Waals surface area contributed by atoms with Gasteiger partial charge in [-0.3, -0.25) is 0 Å². The van der Waals surface area contributed by atoms with Crippen molar-refractivity contribution >= 4 is 23.1 Å². The maximum absolute atomic E-state index is 4.86. The Bertz CT molecular complexity index is 674. The molecule has 3 rings (SSSR count). The molecule has 6 heteroatoms. The van der Waals surface area contributed by atoms with E-state index < -0.39 is 0 Å². The lowest BCUT2D eigenvalue weighted by molar-refractivity contribution is 0.371. The van der Waals surface area contributed by atoms with Crippen LogP contribution >= 0.6 is 11.3 Å². The van der Waals surface area contributed by atoms with Crippen LogP contribution in [0.1, 0.15) is 23.6 Å². The Hall–Kier alpha value is -2.08. The molecule has 25 heavy (non-hydrogen) atoms. The van der Waals surface area contributed by atoms with Crippen LogP contribution in [0.4, 0.5) is 5.82 Å². The average molecular weight is 358 g/mol. The van der Waals surface area contributed by atoms with Gasteiger partial charge in [0.05, 0.1) is 6.54 Å². The van der Waals surface area contributed by atoms with E-state index in [1.165, 1.54) is 9.75 Å². The van der Waals surface area contributed by atoms with Crippen molar-refractivity contribution in [2.75, 3.05) is 37.6 Å². The highest BCUT2D eigenvalue weighted by molar-refractivity contribution is 7.11. The Morgan fingerprint density at radius 2 is 1.92 bits per heavy atom. The number of thiophene rings is 1. The molecular formula is C19H27N5S. The highest BCUT2D eigenvalue weighted by atomic mass is 32.1. The highest BCUT2D eigenvalue weighted by Crippen LogP contribution is 2.18. The van der Waals surface area contributed by atoms with Gasteiger partial charge in [0.15, 0.2) is 5.96 Å². The minimum atomic E-state index is 0.757. The summed E-state index contributed by atoms with van der Waals surface area (Å²) in [7, 11) is 0. The second kappa shape index (κ2) is 8.85. The van der Waals surface area contributed by atoms with Crippen molar-refractivity contribution in [3.8, 4) is 0 Å². The quantitative estimate of drug-likeness (QED) is 0.660. The molecule has 3 heterocycles. The normalized spacial score (nSPS) is 15.5. The first-order chi connectivity index (χ1) is 12.3. The van der Waals surface area contributed by atoms with Gasteiger partial charge in [0.1, 0.15) is 5.82 Å². The topological polar surface area (TPSA) is 43.8 Å². The minimum Gasteiger partial charge on any atom is -0.357 e. The van der Waals surface area contributed by atoms with Crippen molar-refractivity contribution in [2.24, 2.45) is 4.99 Å². The first kappa shape index (κ1) is 17.7. The molecule has 2 aromatic heterocycles. The molecule has 0 amide bonds. The van der Waals surface area contributed by atoms with Crippen molar-refractivity contribution in [1.29, 1.82) is 0 Å². The molecule has 0 atom stereocenters. The molecule has 0 spiro atoms. The second-order valence-electron chi connectivity index (χ2n) is 6.05. The van der Waals surface area contributed by atoms with Gasteiger partial charge in [-0.15, -0.1) is 11.3 Å². The zero-order valence-electron chi connectivity index (χ0n) is 15.1. The predicted molar refractivity (Wildman–Crippen MR) is 107 cm³/mol. The Morgan fingerprint density at radius 3 is 2.56 bits per heavy atom. The zero-order chi connectivity index (χ0) is 17.5. The highest BCUT2D eigenvalue weighted by Gasteiger charge is 2.20. The summed E-state index contributed by atoms with van der Waals surface area (Å²) in [5.41, 5.74) is 0. The van der Waals surface area contributed by atoms with Crippen LogP contribution < -0.4 is 10.2 Å². The summed E-state index contributed by atoms with van der Waals surface area (Å²) in [6.07, 6.45) is 2.96. The fraction of sp³-hybridized carbons (Fsp3) is 0.474. The molecule has 2 aromatic rings. The molecule has 0 unspecified atom stereocenters. The van der Waals surface area contributed by atoms with Gasteiger partial charge in [0, 0.05) is 48.7 Å². The second-order valence-corrected chi connectivity index (χ2v) is 7.31. The Kier molecular flexibility index (Phi) is 6.28. The molecule has 1 N–H and O–H groups in total. The standard InChI is InChI=1S/C19H27N5S/c1-3-16-8-9-17(25-16)15-22-19(20-4-2)24-13-11-23(12-14-24)18-7-5-6-10-21-18/h5-10H,3-4,11-15H2,1-2H3,(H,20,22). The van der Waals surface area contributed by atoms with Crippen LogP contribution in [0.5, 0.6) is 0 Å². The summed E-state index contributed by atoms with van der Waals surface area (Å²) < 4.78 is 0. The first-order valence-electron chi connectivity index (χ1n) is 9.07. The predicted octanol–water partition coefficient (Wildman–Crippen LogP) is 2.99. The smallest absolute Gasteiger partial charge is 0.194 e. The third-order valence-corrected chi connectivity index (χ3v) is 5.55. The number of hydrogen-bond donors (Lipinski definition) is 1. The molecule has 1 saturated heterocycles. The third-order valence-electron chi connectivity index (χ3n) is 4.34. The monoisotopic (exact) mass is 357 g/mol. The first-order valence-corrected chi connectivity index (χ1v) is 9.88. The summed E-state index contributed by atoms with van der Waals surface area (Å²) >= 11 is 1.87. The van der Waals surface area contributed by atoms with E-state index in [0.29, 0.717) is 0 Å². The van der Waals surface area contributed by atoms with Crippen molar-refractivity contribution in [1.82, 2.24) is 15.2 Å². The maximum atomic E-state index is 4.86. The lowest BCUT2D eigenvalue weighted by atomic mass is 10.3. The minimum absolute atomic E-state index is 0.757. The number of hydrogen-bond acceptors (Lipinski definition) is 4. The fourth-order valence-corrected chi connectivity index (χ4v) is 3.85. The van der Waals surface area contributed by atoms with Crippen LogP contribution in [0, 0.1) is 0 Å². The molecular weight excluding hydrogens is 330 g/mol. The maximum Gasteiger partial charge on any atom is 0.194 e. The molecule has 0 aliphatic carbocycles. The van der Waals surface area contributed by atoms with Crippen molar-refractivity contribution in [3.05, 3.63) is 46.3 Å². The Balaban J connectivity index is 1.60. The Labute approximate surface area is 154 Å². The van der Waals surface area contributed by atoms with Crippen LogP contribution in [-0.2, 0) is 13.0 Å². The SMILES string of the molecule is CCNC(=NCc1ccc(CC)s1)N1CCN(c2ccccn2)CC1. The molecule has 1 aliphatic rings. The van der Waals surface area contributed by atoms with Gasteiger partial charge in [0.2, 0.25) is 0 Å². The number of rotatable bonds is 5. The molecule has 0 bridgehead atoms. The number of aromatic nitrogens is 1. The summed E-state index contributed by atoms with van der Waals surface area (Å²) in [6, 6.07) is 10.5. The molecule has 1 aliphatic heterocycles. The number of anilines is 1. The third kappa shape index (κ3) is 4.72. The van der Waals surface area contributed by atoms with Crippen molar-refractivity contribution in [2.45, 2.75) is 26.8 Å². The van der Waals surface area contributed by atoms with Gasteiger partial charge in [-0.05, 0) is 37.6 Å². The fourth-order valence-electron chi connectivity index (χ4n) is 2.96. The number of nitrogens with one attached hydrogen (secondary N) is 1. The van der Waals surface area contributed by atoms with Crippen LogP contribution in [0.25, 0.3) is 0 Å². The van der Waals surface area contributed by atoms with E-state index in [9.17, 15) is 0 Å². The van der Waals surface area contributed by atoms with E-state index in [2.05, 4.69) is 52.1 Å². The molecule has 0 saturated carbocycles. The molecule has 0 radical (unpaired) electrons. The largest absolute Gasteiger partial charge is 0.357 e. The number of guanidine groups is 1. The van der Waals surface area contributed by atoms with E-state index >= 15 is 0 Å². The van der Waals surface area contributed by atoms with E-state index in [-0.39, 0.29) is 0 Å². The summed E-state index contributed by atoms with van der Waals surface area (Å²) in [6.45, 7) is 9.85. The van der Waals surface area contributed by atoms with Crippen LogP contribution in [0.2, 0.25) is 0 Å². The number of piperazine rings is 1. The number of aliphatic imine (C=N–C) groups is 1. The van der Waals surface area contributed by atoms with E-state index in [0.717, 1.165) is 57.5 Å². The average Bonchev–Trinajstić information content (AvgIpc) is 3.14. The lowest BCUT2D eigenvalue weighted by Crippen LogP contribution is -2.52. The molecule has 5 nitrogen and oxygen atoms in total. The van der Waals surface area contributed by atoms with Gasteiger partial charge in [-0.2, -0.15) is 0 Å². The van der Waals surface area contributed by atoms with Gasteiger partial charge in [-0.1, -0.05) is 13.0 Å². The summed E-state index contributed by atoms with van der Waals surface area (Å²) in [5, 5.41) is 3.44. The van der Waals surface area contributed by atoms with E-state index in [1.807, 2.05) is 29.7 Å². The number of nitrogens with zero attached hydrogens (tertiary/aromatic N) is 4. The van der Waals surface area contributed by atoms with Crippen molar-refractivity contribution in [3.63, 3.8) is 0 Å². The van der Waals surface area contributed by atoms with Gasteiger partial charge in [-0.25, -0.2) is 9.98 Å². The van der Waals surface area contributed by atoms with Crippen LogP contribution in [-0.4, -0.2) is 48.6 Å². The molecule has 134 valence electrons. The number of pyridine rings is 1. The summed E-state index contributed by atoms with van der Waals surface area (Å²) in [4.78, 5) is 16.8. The Morgan fingerprint density at radius 1 is 1.12 bits per heavy atom.